The summed E-state index contributed by atoms with van der Waals surface area (Å²) in [7, 11) is 0. The lowest BCUT2D eigenvalue weighted by atomic mass is 10.3. The second-order valence-electron chi connectivity index (χ2n) is 2.02. The van der Waals surface area contributed by atoms with E-state index in [9.17, 15) is 14.5 Å². The monoisotopic (exact) mass is 156 g/mol. The van der Waals surface area contributed by atoms with Crippen LogP contribution in [0.2, 0.25) is 0 Å². The van der Waals surface area contributed by atoms with Crippen LogP contribution in [0, 0.1) is 22.9 Å². The van der Waals surface area contributed by atoms with Crippen molar-refractivity contribution < 1.29 is 9.31 Å². The van der Waals surface area contributed by atoms with Gasteiger partial charge in [0.15, 0.2) is 0 Å². The summed E-state index contributed by atoms with van der Waals surface area (Å²) in [6.07, 6.45) is 0. The molecule has 4 nitrogen and oxygen atoms in total. The minimum atomic E-state index is -0.902. The van der Waals surface area contributed by atoms with Crippen molar-refractivity contribution in [2.75, 3.05) is 0 Å². The van der Waals surface area contributed by atoms with E-state index < -0.39 is 16.6 Å². The maximum absolute atomic E-state index is 12.5. The molecule has 58 valence electrons. The van der Waals surface area contributed by atoms with Crippen molar-refractivity contribution in [3.8, 4) is 0 Å². The van der Waals surface area contributed by atoms with Crippen LogP contribution in [-0.4, -0.2) is 9.91 Å². The molecule has 0 saturated heterocycles. The fourth-order valence-corrected chi connectivity index (χ4v) is 0.654. The molecule has 0 radical (unpaired) electrons. The molecular weight excluding hydrogens is 151 g/mol. The average Bonchev–Trinajstić information content (AvgIpc) is 1.94. The van der Waals surface area contributed by atoms with Gasteiger partial charge in [0.2, 0.25) is 5.82 Å². The van der Waals surface area contributed by atoms with E-state index >= 15 is 0 Å². The highest BCUT2D eigenvalue weighted by atomic mass is 19.1. The van der Waals surface area contributed by atoms with Crippen molar-refractivity contribution >= 4 is 5.82 Å². The molecule has 0 aliphatic carbocycles. The molecule has 1 heterocycles. The molecule has 0 atom stereocenters. The van der Waals surface area contributed by atoms with Gasteiger partial charge in [-0.2, -0.15) is 4.39 Å². The van der Waals surface area contributed by atoms with Crippen LogP contribution in [0.1, 0.15) is 5.69 Å². The average molecular weight is 156 g/mol. The fraction of sp³-hybridized carbons (Fsp3) is 0.167. The number of rotatable bonds is 1. The Morgan fingerprint density at radius 1 is 1.64 bits per heavy atom. The number of nitrogens with zero attached hydrogens (tertiary/aromatic N) is 2. The number of pyridine rings is 1. The number of aromatic nitrogens is 1. The van der Waals surface area contributed by atoms with Gasteiger partial charge < -0.3 is 10.1 Å². The Labute approximate surface area is 61.8 Å². The van der Waals surface area contributed by atoms with Gasteiger partial charge in [-0.1, -0.05) is 0 Å². The summed E-state index contributed by atoms with van der Waals surface area (Å²) in [4.78, 5) is 12.6. The predicted molar refractivity (Wildman–Crippen MR) is 35.6 cm³/mol. The van der Waals surface area contributed by atoms with Gasteiger partial charge in [0, 0.05) is 6.92 Å². The van der Waals surface area contributed by atoms with E-state index in [-0.39, 0.29) is 0 Å². The van der Waals surface area contributed by atoms with Gasteiger partial charge in [0.1, 0.15) is 5.69 Å². The third-order valence-electron chi connectivity index (χ3n) is 1.14. The highest BCUT2D eigenvalue weighted by Crippen LogP contribution is 2.12. The predicted octanol–water partition coefficient (Wildman–Crippen LogP) is 1.44. The molecule has 0 aromatic carbocycles. The van der Waals surface area contributed by atoms with Gasteiger partial charge in [-0.05, 0) is 22.0 Å². The third kappa shape index (κ3) is 1.49. The smallest absolute Gasteiger partial charge is 0.358 e. The number of halogens is 1. The summed E-state index contributed by atoms with van der Waals surface area (Å²) in [6, 6.07) is 2.41. The molecule has 1 rings (SSSR count). The summed E-state index contributed by atoms with van der Waals surface area (Å²) in [5, 5.41) is 10.1. The van der Waals surface area contributed by atoms with E-state index in [2.05, 4.69) is 4.98 Å². The number of hydrogen-bond donors (Lipinski definition) is 0. The molecule has 0 aliphatic rings. The molecule has 0 fully saturated rings. The molecule has 0 amide bonds. The van der Waals surface area contributed by atoms with Crippen LogP contribution in [0.5, 0.6) is 0 Å². The molecule has 0 spiro atoms. The van der Waals surface area contributed by atoms with Gasteiger partial charge >= 0.3 is 5.82 Å². The lowest BCUT2D eigenvalue weighted by Gasteiger charge is -1.92. The van der Waals surface area contributed by atoms with Crippen LogP contribution < -0.4 is 0 Å². The molecule has 0 bridgehead atoms. The van der Waals surface area contributed by atoms with Crippen LogP contribution in [0.15, 0.2) is 12.1 Å². The van der Waals surface area contributed by atoms with Crippen molar-refractivity contribution in [2.24, 2.45) is 0 Å². The molecule has 0 saturated carbocycles. The van der Waals surface area contributed by atoms with Gasteiger partial charge in [-0.15, -0.1) is 0 Å². The van der Waals surface area contributed by atoms with Gasteiger partial charge in [-0.3, -0.25) is 0 Å². The third-order valence-corrected chi connectivity index (χ3v) is 1.14. The number of aryl methyl sites for hydroxylation is 1. The Morgan fingerprint density at radius 3 is 2.73 bits per heavy atom. The van der Waals surface area contributed by atoms with Crippen molar-refractivity contribution in [1.29, 1.82) is 0 Å². The van der Waals surface area contributed by atoms with E-state index in [1.54, 1.807) is 6.92 Å². The molecule has 1 aromatic heterocycles. The normalized spacial score (nSPS) is 9.64. The topological polar surface area (TPSA) is 56.0 Å². The van der Waals surface area contributed by atoms with Gasteiger partial charge in [0.25, 0.3) is 0 Å². The van der Waals surface area contributed by atoms with E-state index in [1.807, 2.05) is 0 Å². The van der Waals surface area contributed by atoms with Crippen LogP contribution in [0.3, 0.4) is 0 Å². The first-order chi connectivity index (χ1) is 5.11. The standard InChI is InChI=1S/C6H5FN2O2/c1-4-2-3-5(7)6(8-4)9(10)11/h2-3H,1H3. The maximum Gasteiger partial charge on any atom is 0.399 e. The van der Waals surface area contributed by atoms with Crippen molar-refractivity contribution in [3.05, 3.63) is 33.8 Å². The summed E-state index contributed by atoms with van der Waals surface area (Å²) in [5.74, 6) is -1.62. The zero-order valence-electron chi connectivity index (χ0n) is 5.74. The van der Waals surface area contributed by atoms with Crippen LogP contribution in [-0.2, 0) is 0 Å². The molecule has 0 unspecified atom stereocenters. The highest BCUT2D eigenvalue weighted by molar-refractivity contribution is 5.23. The molecule has 11 heavy (non-hydrogen) atoms. The first-order valence-corrected chi connectivity index (χ1v) is 2.89. The summed E-state index contributed by atoms with van der Waals surface area (Å²) >= 11 is 0. The summed E-state index contributed by atoms with van der Waals surface area (Å²) in [5.41, 5.74) is 0.429. The van der Waals surface area contributed by atoms with E-state index in [4.69, 9.17) is 0 Å². The quantitative estimate of drug-likeness (QED) is 0.456. The minimum Gasteiger partial charge on any atom is -0.358 e. The Kier molecular flexibility index (Phi) is 1.80. The minimum absolute atomic E-state index is 0.429. The first kappa shape index (κ1) is 7.59. The Morgan fingerprint density at radius 2 is 2.27 bits per heavy atom. The van der Waals surface area contributed by atoms with Crippen LogP contribution in [0.25, 0.3) is 0 Å². The summed E-state index contributed by atoms with van der Waals surface area (Å²) in [6.45, 7) is 1.56. The molecule has 1 aromatic rings. The van der Waals surface area contributed by atoms with Crippen molar-refractivity contribution in [2.45, 2.75) is 6.92 Å². The van der Waals surface area contributed by atoms with Gasteiger partial charge in [0.05, 0.1) is 0 Å². The van der Waals surface area contributed by atoms with Crippen LogP contribution in [0.4, 0.5) is 10.2 Å². The van der Waals surface area contributed by atoms with Crippen LogP contribution >= 0.6 is 0 Å². The second kappa shape index (κ2) is 2.61. The van der Waals surface area contributed by atoms with E-state index in [0.29, 0.717) is 5.69 Å². The SMILES string of the molecule is Cc1ccc(F)c([N+](=O)[O-])n1. The highest BCUT2D eigenvalue weighted by Gasteiger charge is 2.14. The molecular formula is C6H5FN2O2. The number of hydrogen-bond acceptors (Lipinski definition) is 3. The van der Waals surface area contributed by atoms with Gasteiger partial charge in [-0.25, -0.2) is 0 Å². The zero-order valence-corrected chi connectivity index (χ0v) is 5.74. The van der Waals surface area contributed by atoms with Crippen molar-refractivity contribution in [3.63, 3.8) is 0 Å². The van der Waals surface area contributed by atoms with E-state index in [1.165, 1.54) is 6.07 Å². The second-order valence-corrected chi connectivity index (χ2v) is 2.02. The fourth-order valence-electron chi connectivity index (χ4n) is 0.654. The van der Waals surface area contributed by atoms with Crippen molar-refractivity contribution in [1.82, 2.24) is 4.98 Å². The van der Waals surface area contributed by atoms with E-state index in [0.717, 1.165) is 6.07 Å². The molecule has 5 heteroatoms. The Balaban J connectivity index is 3.23. The number of nitro groups is 1. The first-order valence-electron chi connectivity index (χ1n) is 2.89. The lowest BCUT2D eigenvalue weighted by molar-refractivity contribution is -0.392. The molecule has 0 N–H and O–H groups in total. The molecule has 0 aliphatic heterocycles. The largest absolute Gasteiger partial charge is 0.399 e. The Hall–Kier alpha value is -1.52. The Bertz CT molecular complexity index is 301. The zero-order chi connectivity index (χ0) is 8.43. The maximum atomic E-state index is 12.5. The lowest BCUT2D eigenvalue weighted by Crippen LogP contribution is -1.96. The summed E-state index contributed by atoms with van der Waals surface area (Å²) < 4.78 is 12.5.